The average Bonchev–Trinajstić information content (AvgIpc) is 1.12. The van der Waals surface area contributed by atoms with E-state index >= 15 is 0 Å². The Bertz CT molecular complexity index is 3890. The first-order valence-electron chi connectivity index (χ1n) is 26.2. The number of halogens is 7. The molecule has 37 heteroatoms. The van der Waals surface area contributed by atoms with Crippen LogP contribution in [-0.4, -0.2) is 127 Å². The smallest absolute Gasteiger partial charge is 0.870 e. The third-order valence-electron chi connectivity index (χ3n) is 11.7. The van der Waals surface area contributed by atoms with Crippen molar-refractivity contribution in [1.82, 2.24) is 19.9 Å². The number of rotatable bonds is 21. The third-order valence-corrected chi connectivity index (χ3v) is 14.3. The number of anilines is 4. The molecule has 8 aromatic rings. The van der Waals surface area contributed by atoms with Crippen molar-refractivity contribution in [2.24, 2.45) is 0 Å². The molecule has 0 atom stereocenters. The molecule has 4 aromatic carbocycles. The largest absolute Gasteiger partial charge is 1.00 e. The predicted octanol–water partition coefficient (Wildman–Crippen LogP) is 10.1. The Kier molecular flexibility index (Phi) is 37.6. The number of aryl methyl sites for hydroxylation is 1. The summed E-state index contributed by atoms with van der Waals surface area (Å²) in [5.74, 6) is -0.775. The molecular weight excluding hydrogens is 1430 g/mol. The summed E-state index contributed by atoms with van der Waals surface area (Å²) in [5.41, 5.74) is 10.2. The van der Waals surface area contributed by atoms with Crippen LogP contribution in [0.15, 0.2) is 116 Å². The molecule has 0 spiro atoms. The van der Waals surface area contributed by atoms with Crippen LogP contribution >= 0.6 is 81.2 Å². The quantitative estimate of drug-likeness (QED) is 0.0193. The molecular formula is C58H68Cl7LiN8O19S2. The minimum atomic E-state index is -3.57. The number of hydrogen-bond donors (Lipinski definition) is 5. The molecule has 0 unspecified atom stereocenters. The fourth-order valence-electron chi connectivity index (χ4n) is 7.17. The van der Waals surface area contributed by atoms with Gasteiger partial charge >= 0.3 is 48.8 Å². The number of carbonyl (C=O) groups is 4. The molecule has 27 nitrogen and oxygen atoms in total. The van der Waals surface area contributed by atoms with Crippen LogP contribution in [0.25, 0.3) is 0 Å². The van der Waals surface area contributed by atoms with Gasteiger partial charge in [-0.15, -0.1) is 23.2 Å². The minimum Gasteiger partial charge on any atom is -0.870 e. The average molecular weight is 1500 g/mol. The van der Waals surface area contributed by atoms with Crippen molar-refractivity contribution < 1.29 is 108 Å². The summed E-state index contributed by atoms with van der Waals surface area (Å²) in [6.45, 7) is 14.7. The van der Waals surface area contributed by atoms with Gasteiger partial charge in [0.05, 0.1) is 57.6 Å². The monoisotopic (exact) mass is 1500 g/mol. The maximum Gasteiger partial charge on any atom is 1.00 e. The van der Waals surface area contributed by atoms with E-state index in [1.54, 1.807) is 45.0 Å². The number of nitrogens with zero attached hydrogens (tertiary/aromatic N) is 4. The van der Waals surface area contributed by atoms with Crippen LogP contribution in [0.4, 0.5) is 23.4 Å². The Hall–Kier alpha value is -6.95. The molecule has 0 saturated heterocycles. The number of esters is 2. The molecule has 0 radical (unpaired) electrons. The number of hydrogen-bond acceptors (Lipinski definition) is 22. The number of benzene rings is 4. The zero-order chi connectivity index (χ0) is 68.0. The molecule has 4 aromatic heterocycles. The van der Waals surface area contributed by atoms with Gasteiger partial charge in [0.15, 0.2) is 40.2 Å². The van der Waals surface area contributed by atoms with Gasteiger partial charge in [-0.25, -0.2) is 45.6 Å². The number of carboxylic acids is 1. The number of nitrogens with one attached hydrogen (secondary N) is 3. The molecule has 1 amide bonds. The maximum atomic E-state index is 12.4. The number of aromatic nitrogens is 4. The van der Waals surface area contributed by atoms with Gasteiger partial charge in [-0.2, -0.15) is 15.0 Å². The second-order valence-corrected chi connectivity index (χ2v) is 25.5. The maximum absolute atomic E-state index is 12.4. The molecule has 516 valence electrons. The Morgan fingerprint density at radius 2 is 0.947 bits per heavy atom. The predicted molar refractivity (Wildman–Crippen MR) is 359 cm³/mol. The van der Waals surface area contributed by atoms with Crippen molar-refractivity contribution in [1.29, 1.82) is 0 Å². The molecule has 0 aliphatic heterocycles. The summed E-state index contributed by atoms with van der Waals surface area (Å²) in [6, 6.07) is 21.7. The van der Waals surface area contributed by atoms with Gasteiger partial charge in [-0.3, -0.25) is 4.79 Å². The Morgan fingerprint density at radius 3 is 1.28 bits per heavy atom. The van der Waals surface area contributed by atoms with Crippen molar-refractivity contribution in [2.45, 2.75) is 66.7 Å². The number of oxazole rings is 4. The standard InChI is InChI=1S/C22H22Cl3N3O5S.C17H18Cl3NO.C7H9NO3.C6H6ClNO3.C5H6N2O5S.CH4.Li.2H2O/c1-22(2,14-10-16(24)19(17(25)11-14)32-9-8-23)13-4-6-15(7-5-13)26-20(29)18-12-33-21(27-18)28-34(3,30)31;1-17(2,11-3-5-13(21)6-4-11)12-9-14(19)16(15(20)10-12)22-8-7-18;1-3-10-7(9)6-4-11-5(2)8-6;1-2-10-5(9)4-3-11-6(7)8-4;1-13(10,11)7-5-6-3(2-12-5)4(8)9;;;;/h4-7,10-12H,8-9H2,1-3H3,(H,26,29)(H,27,28);3-6,9-10H,7-8,21H2,1-2H3;4H,3H2,1-2H3;3H,2H2,1H3;2H,1H3,(H,6,7)(H,8,9);1H4;;2*1H2/q;;;;;;+1;;/p-1. The summed E-state index contributed by atoms with van der Waals surface area (Å²) in [6.07, 6.45) is 6.20. The number of ether oxygens (including phenoxy) is 4. The number of nitrogens with two attached hydrogens (primary N) is 1. The number of alkyl halides is 2. The first-order valence-corrected chi connectivity index (χ1v) is 33.0. The fourth-order valence-corrected chi connectivity index (χ4v) is 9.47. The number of carboxylic acid groups (broad SMARTS) is 1. The van der Waals surface area contributed by atoms with Crippen LogP contribution in [0.1, 0.15) is 119 Å². The van der Waals surface area contributed by atoms with E-state index in [0.29, 0.717) is 81.4 Å². The number of nitrogen functional groups attached to an aromatic ring is 1. The van der Waals surface area contributed by atoms with Crippen LogP contribution in [-0.2, 0) is 40.4 Å². The first-order chi connectivity index (χ1) is 42.6. The van der Waals surface area contributed by atoms with E-state index in [9.17, 15) is 36.0 Å². The molecule has 0 bridgehead atoms. The van der Waals surface area contributed by atoms with E-state index in [1.807, 2.05) is 67.1 Å². The van der Waals surface area contributed by atoms with E-state index in [-0.39, 0.29) is 82.8 Å². The molecule has 0 fully saturated rings. The normalized spacial score (nSPS) is 10.7. The van der Waals surface area contributed by atoms with Crippen molar-refractivity contribution in [3.63, 3.8) is 0 Å². The van der Waals surface area contributed by atoms with Crippen LogP contribution in [0.5, 0.6) is 11.5 Å². The summed E-state index contributed by atoms with van der Waals surface area (Å²) in [7, 11) is -7.06. The van der Waals surface area contributed by atoms with Crippen LogP contribution in [0.2, 0.25) is 25.4 Å². The number of amides is 1. The SMILES string of the molecule is C.CC(C)(c1ccc(N)cc1)c1cc(Cl)c(OCCCl)c(Cl)c1.CC(C)(c1ccc(NC(=O)c2coc(NS(C)(=O)=O)n2)cc1)c1cc(Cl)c(OCCCl)c(Cl)c1.CCOC(=O)c1coc(C)n1.CCOC(=O)c1coc(Cl)n1.CS(=O)(=O)Nc1nc(C(=O)O)co1.O.[Li+].[OH-]. The van der Waals surface area contributed by atoms with Crippen molar-refractivity contribution in [3.8, 4) is 11.5 Å². The van der Waals surface area contributed by atoms with Gasteiger partial charge in [0.25, 0.3) is 11.3 Å². The first kappa shape index (κ1) is 88.0. The summed E-state index contributed by atoms with van der Waals surface area (Å²) in [4.78, 5) is 59.0. The van der Waals surface area contributed by atoms with Crippen LogP contribution < -0.4 is 48.8 Å². The fraction of sp³-hybridized carbons (Fsp3) is 0.310. The third kappa shape index (κ3) is 28.3. The molecule has 0 saturated carbocycles. The Balaban J connectivity index is 0.00000125. The Labute approximate surface area is 595 Å². The van der Waals surface area contributed by atoms with E-state index < -0.39 is 49.3 Å². The molecule has 9 N–H and O–H groups in total. The van der Waals surface area contributed by atoms with Crippen molar-refractivity contribution in [3.05, 3.63) is 174 Å². The number of aromatic carboxylic acids is 1. The van der Waals surface area contributed by atoms with E-state index in [2.05, 4.69) is 62.1 Å². The van der Waals surface area contributed by atoms with Crippen molar-refractivity contribution in [2.75, 3.05) is 71.2 Å². The van der Waals surface area contributed by atoms with Crippen LogP contribution in [0.3, 0.4) is 0 Å². The number of carbonyl (C=O) groups excluding carboxylic acids is 3. The van der Waals surface area contributed by atoms with Crippen molar-refractivity contribution >= 4 is 148 Å². The molecule has 95 heavy (non-hydrogen) atoms. The summed E-state index contributed by atoms with van der Waals surface area (Å²) < 4.78 is 86.9. The van der Waals surface area contributed by atoms with Gasteiger partial charge in [-0.1, -0.05) is 106 Å². The molecule has 0 aliphatic carbocycles. The second kappa shape index (κ2) is 40.6. The minimum absolute atomic E-state index is 0. The molecule has 4 heterocycles. The van der Waals surface area contributed by atoms with Gasteiger partial charge in [0.2, 0.25) is 20.0 Å². The van der Waals surface area contributed by atoms with E-state index in [0.717, 1.165) is 59.2 Å². The second-order valence-electron chi connectivity index (χ2n) is 19.3. The van der Waals surface area contributed by atoms with E-state index in [4.69, 9.17) is 110 Å². The number of sulfonamides is 2. The topological polar surface area (TPSA) is 421 Å². The van der Waals surface area contributed by atoms with Crippen LogP contribution in [0, 0.1) is 6.92 Å². The summed E-state index contributed by atoms with van der Waals surface area (Å²) in [5, 5.41) is 12.8. The zero-order valence-corrected chi connectivity index (χ0v) is 58.7. The molecule has 8 rings (SSSR count). The van der Waals surface area contributed by atoms with Gasteiger partial charge in [-0.05, 0) is 96.2 Å². The molecule has 0 aliphatic rings. The summed E-state index contributed by atoms with van der Waals surface area (Å²) >= 11 is 42.0. The zero-order valence-electron chi connectivity index (χ0n) is 51.7. The van der Waals surface area contributed by atoms with E-state index in [1.165, 1.54) is 6.26 Å². The van der Waals surface area contributed by atoms with Gasteiger partial charge in [0, 0.05) is 29.1 Å². The van der Waals surface area contributed by atoms with Gasteiger partial charge in [0.1, 0.15) is 38.3 Å². The Morgan fingerprint density at radius 1 is 0.579 bits per heavy atom. The van der Waals surface area contributed by atoms with Gasteiger partial charge < -0.3 is 63.7 Å².